The molecule has 0 radical (unpaired) electrons. The van der Waals surface area contributed by atoms with Gasteiger partial charge in [0.1, 0.15) is 0 Å². The second-order valence-corrected chi connectivity index (χ2v) is 17.2. The monoisotopic (exact) mass is 835 g/mol. The van der Waals surface area contributed by atoms with Gasteiger partial charge < -0.3 is 35.7 Å². The van der Waals surface area contributed by atoms with Crippen molar-refractivity contribution >= 4 is 39.3 Å². The Balaban J connectivity index is 0.000000228. The van der Waals surface area contributed by atoms with Gasteiger partial charge in [-0.15, -0.1) is 0 Å². The lowest BCUT2D eigenvalue weighted by atomic mass is 9.95. The molecule has 2 saturated heterocycles. The molecule has 2 fully saturated rings. The number of amides is 2. The Labute approximate surface area is 337 Å². The highest BCUT2D eigenvalue weighted by molar-refractivity contribution is 9.10. The zero-order valence-corrected chi connectivity index (χ0v) is 34.7. The third kappa shape index (κ3) is 10.6. The number of carbonyl (C=O) groups excluding carboxylic acids is 2. The molecule has 1 aliphatic carbocycles. The molecule has 2 aliphatic heterocycles. The number of imidazole rings is 2. The van der Waals surface area contributed by atoms with E-state index in [-0.39, 0.29) is 41.0 Å². The van der Waals surface area contributed by atoms with Crippen molar-refractivity contribution < 1.29 is 9.59 Å². The first kappa shape index (κ1) is 41.0. The third-order valence-corrected chi connectivity index (χ3v) is 11.7. The van der Waals surface area contributed by atoms with Crippen LogP contribution in [-0.4, -0.2) is 105 Å². The standard InChI is InChI=1S/C27H32BrClN6O.C13H23N5O/c1-27(2,35-12-9-30-17-35)7-8-32-26(36)23-16-34(11-10-31-23)25-22-6-5-21(29)14-18(22)3-4-19-13-20(28)15-33-24(19)25;1-13(2,18-8-7-15-10-18)3-4-17-12(19)11-9-14-5-6-16-11/h5-6,9,12-15,17,23,25,31H,3-4,7-8,10-11,16H2,1-2H3,(H,32,36);7-8,10-11,14,16H,3-6,9H2,1-2H3,(H,17,19)/t23-,25?;11-/m11/s1. The predicted octanol–water partition coefficient (Wildman–Crippen LogP) is 3.78. The first-order valence-electron chi connectivity index (χ1n) is 19.3. The van der Waals surface area contributed by atoms with Gasteiger partial charge in [-0.25, -0.2) is 9.97 Å². The van der Waals surface area contributed by atoms with Crippen LogP contribution in [0.15, 0.2) is 72.4 Å². The van der Waals surface area contributed by atoms with Crippen LogP contribution in [0.1, 0.15) is 69.0 Å². The van der Waals surface area contributed by atoms with E-state index in [4.69, 9.17) is 16.6 Å². The average molecular weight is 837 g/mol. The molecule has 0 bridgehead atoms. The molecule has 5 N–H and O–H groups in total. The lowest BCUT2D eigenvalue weighted by Gasteiger charge is -2.39. The van der Waals surface area contributed by atoms with Crippen molar-refractivity contribution in [3.63, 3.8) is 0 Å². The number of rotatable bonds is 11. The van der Waals surface area contributed by atoms with E-state index in [2.05, 4.69) is 112 Å². The summed E-state index contributed by atoms with van der Waals surface area (Å²) in [5, 5.41) is 16.7. The molecule has 0 spiro atoms. The Hall–Kier alpha value is -3.66. The summed E-state index contributed by atoms with van der Waals surface area (Å²) in [7, 11) is 0. The number of piperazine rings is 2. The molecule has 5 heterocycles. The van der Waals surface area contributed by atoms with Gasteiger partial charge in [-0.3, -0.25) is 19.5 Å². The Morgan fingerprint density at radius 3 is 2.13 bits per heavy atom. The van der Waals surface area contributed by atoms with Crippen molar-refractivity contribution in [1.82, 2.24) is 55.6 Å². The number of nitrogens with zero attached hydrogens (tertiary/aromatic N) is 6. The highest BCUT2D eigenvalue weighted by Gasteiger charge is 2.35. The van der Waals surface area contributed by atoms with Crippen LogP contribution >= 0.6 is 27.5 Å². The minimum absolute atomic E-state index is 0.0135. The van der Waals surface area contributed by atoms with E-state index >= 15 is 0 Å². The molecule has 296 valence electrons. The number of fused-ring (bicyclic) bond motifs is 2. The molecule has 7 rings (SSSR count). The number of hydrogen-bond donors (Lipinski definition) is 5. The molecule has 3 atom stereocenters. The summed E-state index contributed by atoms with van der Waals surface area (Å²) in [6.07, 6.45) is 16.5. The van der Waals surface area contributed by atoms with E-state index in [1.165, 1.54) is 16.7 Å². The van der Waals surface area contributed by atoms with Gasteiger partial charge in [-0.05, 0) is 104 Å². The van der Waals surface area contributed by atoms with Crippen molar-refractivity contribution in [2.75, 3.05) is 52.4 Å². The van der Waals surface area contributed by atoms with E-state index in [9.17, 15) is 9.59 Å². The van der Waals surface area contributed by atoms with Gasteiger partial charge in [-0.2, -0.15) is 0 Å². The Bertz CT molecular complexity index is 1810. The Kier molecular flexibility index (Phi) is 13.8. The predicted molar refractivity (Wildman–Crippen MR) is 219 cm³/mol. The van der Waals surface area contributed by atoms with Gasteiger partial charge in [0.25, 0.3) is 0 Å². The topological polar surface area (TPSA) is 146 Å². The number of hydrogen-bond acceptors (Lipinski definition) is 9. The summed E-state index contributed by atoms with van der Waals surface area (Å²) in [4.78, 5) is 40.6. The maximum atomic E-state index is 13.2. The minimum Gasteiger partial charge on any atom is -0.355 e. The zero-order valence-electron chi connectivity index (χ0n) is 32.3. The van der Waals surface area contributed by atoms with Crippen molar-refractivity contribution in [3.8, 4) is 0 Å². The van der Waals surface area contributed by atoms with Crippen LogP contribution < -0.4 is 26.6 Å². The third-order valence-electron chi connectivity index (χ3n) is 11.0. The summed E-state index contributed by atoms with van der Waals surface area (Å²) in [5.74, 6) is 0.115. The van der Waals surface area contributed by atoms with E-state index < -0.39 is 0 Å². The van der Waals surface area contributed by atoms with Crippen LogP contribution in [-0.2, 0) is 33.5 Å². The van der Waals surface area contributed by atoms with Crippen molar-refractivity contribution in [2.24, 2.45) is 0 Å². The quantitative estimate of drug-likeness (QED) is 0.153. The molecule has 4 aromatic rings. The van der Waals surface area contributed by atoms with E-state index in [0.717, 1.165) is 67.1 Å². The molecule has 1 aromatic carbocycles. The summed E-state index contributed by atoms with van der Waals surface area (Å²) < 4.78 is 5.14. The maximum absolute atomic E-state index is 13.2. The van der Waals surface area contributed by atoms with Gasteiger partial charge >= 0.3 is 0 Å². The molecule has 3 aliphatic rings. The van der Waals surface area contributed by atoms with E-state index in [0.29, 0.717) is 26.2 Å². The number of nitrogens with one attached hydrogen (secondary N) is 5. The SMILES string of the molecule is CC(C)(CCNC(=O)[C@H]1CN(C2c3ccc(Cl)cc3CCc3cc(Br)cnc32)CCN1)n1ccnc1.CC(C)(CCNC(=O)[C@H]1CNCCN1)n1ccnc1. The van der Waals surface area contributed by atoms with E-state index in [1.54, 1.807) is 12.4 Å². The second-order valence-electron chi connectivity index (χ2n) is 15.8. The smallest absolute Gasteiger partial charge is 0.238 e. The summed E-state index contributed by atoms with van der Waals surface area (Å²) >= 11 is 9.97. The molecule has 2 amide bonds. The molecular formula is C40H55BrClN11O2. The minimum atomic E-state index is -0.284. The van der Waals surface area contributed by atoms with Gasteiger partial charge in [0.15, 0.2) is 0 Å². The van der Waals surface area contributed by atoms with Crippen LogP contribution in [0.5, 0.6) is 0 Å². The first-order valence-corrected chi connectivity index (χ1v) is 20.4. The van der Waals surface area contributed by atoms with Gasteiger partial charge in [0.05, 0.1) is 36.5 Å². The van der Waals surface area contributed by atoms with Gasteiger partial charge in [0, 0.05) is 104 Å². The fraction of sp³-hybridized carbons (Fsp3) is 0.525. The molecule has 13 nitrogen and oxygen atoms in total. The van der Waals surface area contributed by atoms with Crippen molar-refractivity contribution in [2.45, 2.75) is 82.6 Å². The number of benzene rings is 1. The molecule has 0 saturated carbocycles. The zero-order chi connectivity index (χ0) is 39.0. The maximum Gasteiger partial charge on any atom is 0.238 e. The average Bonchev–Trinajstić information content (AvgIpc) is 3.91. The van der Waals surface area contributed by atoms with Crippen LogP contribution in [0.4, 0.5) is 0 Å². The first-order chi connectivity index (χ1) is 26.4. The molecule has 3 aromatic heterocycles. The number of carbonyl (C=O) groups is 2. The molecule has 1 unspecified atom stereocenters. The summed E-state index contributed by atoms with van der Waals surface area (Å²) in [6, 6.07) is 7.96. The Morgan fingerprint density at radius 1 is 0.873 bits per heavy atom. The highest BCUT2D eigenvalue weighted by atomic mass is 79.9. The molecule has 55 heavy (non-hydrogen) atoms. The highest BCUT2D eigenvalue weighted by Crippen LogP contribution is 2.38. The number of aryl methyl sites for hydroxylation is 2. The second kappa shape index (κ2) is 18.5. The van der Waals surface area contributed by atoms with Crippen molar-refractivity contribution in [3.05, 3.63) is 99.8 Å². The summed E-state index contributed by atoms with van der Waals surface area (Å²) in [6.45, 7) is 14.5. The fourth-order valence-corrected chi connectivity index (χ4v) is 8.10. The largest absolute Gasteiger partial charge is 0.355 e. The Morgan fingerprint density at radius 2 is 1.51 bits per heavy atom. The molecule has 15 heteroatoms. The van der Waals surface area contributed by atoms with Crippen LogP contribution in [0, 0.1) is 0 Å². The van der Waals surface area contributed by atoms with Gasteiger partial charge in [-0.1, -0.05) is 17.7 Å². The van der Waals surface area contributed by atoms with Crippen molar-refractivity contribution in [1.29, 1.82) is 0 Å². The lowest BCUT2D eigenvalue weighted by molar-refractivity contribution is -0.124. The van der Waals surface area contributed by atoms with E-state index in [1.807, 2.05) is 37.3 Å². The lowest BCUT2D eigenvalue weighted by Crippen LogP contribution is -2.58. The fourth-order valence-electron chi connectivity index (χ4n) is 7.53. The normalized spacial score (nSPS) is 20.3. The van der Waals surface area contributed by atoms with Gasteiger partial charge in [0.2, 0.25) is 11.8 Å². The number of pyridine rings is 1. The molecular weight excluding hydrogens is 782 g/mol. The number of aromatic nitrogens is 5. The number of halogens is 2. The van der Waals surface area contributed by atoms with Crippen LogP contribution in [0.3, 0.4) is 0 Å². The summed E-state index contributed by atoms with van der Waals surface area (Å²) in [5.41, 5.74) is 4.64. The van der Waals surface area contributed by atoms with Crippen LogP contribution in [0.25, 0.3) is 0 Å². The van der Waals surface area contributed by atoms with Crippen LogP contribution in [0.2, 0.25) is 5.02 Å².